The van der Waals surface area contributed by atoms with E-state index in [1.54, 1.807) is 6.08 Å². The van der Waals surface area contributed by atoms with E-state index < -0.39 is 20.0 Å². The minimum Gasteiger partial charge on any atom is -0.756 e. The van der Waals surface area contributed by atoms with Gasteiger partial charge in [0.25, 0.3) is 7.82 Å². The van der Waals surface area contributed by atoms with Crippen molar-refractivity contribution < 1.29 is 32.9 Å². The highest BCUT2D eigenvalue weighted by molar-refractivity contribution is 7.45. The molecule has 0 radical (unpaired) electrons. The van der Waals surface area contributed by atoms with Crippen molar-refractivity contribution >= 4 is 13.7 Å². The number of unbranched alkanes of at least 4 members (excludes halogenated alkanes) is 47. The van der Waals surface area contributed by atoms with E-state index in [4.69, 9.17) is 9.05 Å². The van der Waals surface area contributed by atoms with Gasteiger partial charge in [0.05, 0.1) is 39.9 Å². The smallest absolute Gasteiger partial charge is 0.268 e. The molecule has 9 heteroatoms. The fourth-order valence-corrected chi connectivity index (χ4v) is 11.2. The van der Waals surface area contributed by atoms with E-state index in [0.29, 0.717) is 17.4 Å². The topological polar surface area (TPSA) is 108 Å². The Morgan fingerprint density at radius 1 is 0.436 bits per heavy atom. The first-order valence-electron chi connectivity index (χ1n) is 34.4. The molecule has 0 aromatic carbocycles. The van der Waals surface area contributed by atoms with Crippen molar-refractivity contribution in [2.24, 2.45) is 0 Å². The summed E-state index contributed by atoms with van der Waals surface area (Å²) < 4.78 is 23.4. The zero-order valence-electron chi connectivity index (χ0n) is 52.9. The molecule has 2 N–H and O–H groups in total. The summed E-state index contributed by atoms with van der Waals surface area (Å²) in [6, 6.07) is -0.903. The van der Waals surface area contributed by atoms with Crippen molar-refractivity contribution in [3.63, 3.8) is 0 Å². The maximum atomic E-state index is 13.0. The summed E-state index contributed by atoms with van der Waals surface area (Å²) in [5.41, 5.74) is 0. The molecule has 1 amide bonds. The first-order chi connectivity index (χ1) is 38.0. The van der Waals surface area contributed by atoms with Crippen molar-refractivity contribution in [2.75, 3.05) is 40.9 Å². The van der Waals surface area contributed by atoms with Gasteiger partial charge in [-0.3, -0.25) is 9.36 Å². The number of nitrogens with zero attached hydrogens (tertiary/aromatic N) is 1. The summed E-state index contributed by atoms with van der Waals surface area (Å²) in [4.78, 5) is 25.6. The van der Waals surface area contributed by atoms with E-state index in [1.807, 2.05) is 27.2 Å². The van der Waals surface area contributed by atoms with Crippen LogP contribution in [-0.4, -0.2) is 68.5 Å². The number of quaternary nitrogens is 1. The van der Waals surface area contributed by atoms with Gasteiger partial charge in [-0.05, 0) is 57.8 Å². The Morgan fingerprint density at radius 2 is 0.718 bits per heavy atom. The van der Waals surface area contributed by atoms with Gasteiger partial charge in [0.1, 0.15) is 13.2 Å². The summed E-state index contributed by atoms with van der Waals surface area (Å²) in [6.07, 6.45) is 79.8. The Kier molecular flexibility index (Phi) is 59.3. The third-order valence-electron chi connectivity index (χ3n) is 15.8. The average Bonchev–Trinajstić information content (AvgIpc) is 3.41. The zero-order chi connectivity index (χ0) is 57.0. The van der Waals surface area contributed by atoms with Crippen molar-refractivity contribution in [2.45, 2.75) is 360 Å². The van der Waals surface area contributed by atoms with Crippen LogP contribution in [0.15, 0.2) is 36.5 Å². The van der Waals surface area contributed by atoms with Crippen LogP contribution >= 0.6 is 7.82 Å². The van der Waals surface area contributed by atoms with Crippen molar-refractivity contribution in [1.29, 1.82) is 0 Å². The van der Waals surface area contributed by atoms with Crippen LogP contribution in [0, 0.1) is 0 Å². The van der Waals surface area contributed by atoms with Crippen molar-refractivity contribution in [3.05, 3.63) is 36.5 Å². The summed E-state index contributed by atoms with van der Waals surface area (Å²) in [6.45, 7) is 4.68. The predicted molar refractivity (Wildman–Crippen MR) is 339 cm³/mol. The van der Waals surface area contributed by atoms with Gasteiger partial charge < -0.3 is 28.8 Å². The molecule has 0 aliphatic rings. The molecule has 78 heavy (non-hydrogen) atoms. The van der Waals surface area contributed by atoms with Crippen molar-refractivity contribution in [3.8, 4) is 0 Å². The SMILES string of the molecule is CCCCCCCCCC/C=C\CCCCCCCCCCCCCCCCCCCC(=O)NC(COP(=O)([O-])OCC[N+](C)(C)C)C(O)/C=C/CC/C=C/CCCCCCCCCCCCCCCCCCCCCCC. The molecule has 0 bridgehead atoms. The molecule has 0 heterocycles. The first kappa shape index (κ1) is 76.7. The van der Waals surface area contributed by atoms with Gasteiger partial charge >= 0.3 is 0 Å². The second-order valence-corrected chi connectivity index (χ2v) is 26.3. The normalized spacial score (nSPS) is 13.9. The number of phosphoric acid groups is 1. The highest BCUT2D eigenvalue weighted by Gasteiger charge is 2.23. The summed E-state index contributed by atoms with van der Waals surface area (Å²) in [5, 5.41) is 13.9. The Labute approximate surface area is 487 Å². The van der Waals surface area contributed by atoms with Crippen LogP contribution in [0.5, 0.6) is 0 Å². The number of allylic oxidation sites excluding steroid dienone is 5. The monoisotopic (exact) mass is 1120 g/mol. The summed E-state index contributed by atoms with van der Waals surface area (Å²) >= 11 is 0. The Balaban J connectivity index is 4.10. The van der Waals surface area contributed by atoms with E-state index in [0.717, 1.165) is 38.5 Å². The fraction of sp³-hybridized carbons (Fsp3) is 0.899. The number of nitrogens with one attached hydrogen (secondary N) is 1. The number of aliphatic hydroxyl groups excluding tert-OH is 1. The number of carbonyl (C=O) groups is 1. The minimum atomic E-state index is -4.61. The lowest BCUT2D eigenvalue weighted by Crippen LogP contribution is -2.45. The number of hydrogen-bond acceptors (Lipinski definition) is 6. The van der Waals surface area contributed by atoms with Crippen LogP contribution in [-0.2, 0) is 18.4 Å². The summed E-state index contributed by atoms with van der Waals surface area (Å²) in [5.74, 6) is -0.200. The number of likely N-dealkylation sites (N-methyl/N-ethyl adjacent to an activating group) is 1. The molecule has 0 saturated heterocycles. The lowest BCUT2D eigenvalue weighted by molar-refractivity contribution is -0.870. The molecular weight excluding hydrogens is 984 g/mol. The number of phosphoric ester groups is 1. The number of carbonyl (C=O) groups excluding carboxylic acids is 1. The fourth-order valence-electron chi connectivity index (χ4n) is 10.5. The quantitative estimate of drug-likeness (QED) is 0.0272. The van der Waals surface area contributed by atoms with Crippen LogP contribution in [0.3, 0.4) is 0 Å². The maximum Gasteiger partial charge on any atom is 0.268 e. The van der Waals surface area contributed by atoms with E-state index in [2.05, 4.69) is 43.5 Å². The van der Waals surface area contributed by atoms with Gasteiger partial charge in [0, 0.05) is 6.42 Å². The largest absolute Gasteiger partial charge is 0.756 e. The molecule has 8 nitrogen and oxygen atoms in total. The van der Waals surface area contributed by atoms with E-state index in [-0.39, 0.29) is 19.1 Å². The molecule has 0 spiro atoms. The summed E-state index contributed by atoms with van der Waals surface area (Å²) in [7, 11) is 1.26. The number of rotatable bonds is 64. The zero-order valence-corrected chi connectivity index (χ0v) is 53.8. The van der Waals surface area contributed by atoms with Crippen LogP contribution in [0.1, 0.15) is 348 Å². The highest BCUT2D eigenvalue weighted by atomic mass is 31.2. The predicted octanol–water partition coefficient (Wildman–Crippen LogP) is 21.0. The number of aliphatic hydroxyl groups is 1. The van der Waals surface area contributed by atoms with Gasteiger partial charge in [-0.1, -0.05) is 320 Å². The van der Waals surface area contributed by atoms with Crippen LogP contribution in [0.4, 0.5) is 0 Å². The molecule has 462 valence electrons. The Hall–Kier alpha value is -1.28. The van der Waals surface area contributed by atoms with Gasteiger partial charge in [-0.25, -0.2) is 0 Å². The van der Waals surface area contributed by atoms with Crippen molar-refractivity contribution in [1.82, 2.24) is 5.32 Å². The third kappa shape index (κ3) is 62.3. The van der Waals surface area contributed by atoms with E-state index in [9.17, 15) is 19.4 Å². The molecule has 3 unspecified atom stereocenters. The molecule has 0 aliphatic carbocycles. The number of hydrogen-bond donors (Lipinski definition) is 2. The minimum absolute atomic E-state index is 0.00465. The molecule has 0 fully saturated rings. The van der Waals surface area contributed by atoms with Gasteiger partial charge in [-0.2, -0.15) is 0 Å². The molecule has 3 atom stereocenters. The first-order valence-corrected chi connectivity index (χ1v) is 35.8. The highest BCUT2D eigenvalue weighted by Crippen LogP contribution is 2.38. The average molecular weight is 1120 g/mol. The molecule has 0 aromatic heterocycles. The molecular formula is C69H135N2O6P. The van der Waals surface area contributed by atoms with Gasteiger partial charge in [-0.15, -0.1) is 0 Å². The van der Waals surface area contributed by atoms with Crippen LogP contribution in [0.2, 0.25) is 0 Å². The lowest BCUT2D eigenvalue weighted by Gasteiger charge is -2.29. The third-order valence-corrected chi connectivity index (χ3v) is 16.8. The van der Waals surface area contributed by atoms with Gasteiger partial charge in [0.2, 0.25) is 5.91 Å². The van der Waals surface area contributed by atoms with Crippen LogP contribution < -0.4 is 10.2 Å². The van der Waals surface area contributed by atoms with E-state index >= 15 is 0 Å². The molecule has 0 saturated carbocycles. The standard InChI is InChI=1S/C69H135N2O6P/c1-6-8-10-12-14-16-18-20-22-24-26-28-30-32-34-35-37-39-41-43-45-47-49-51-53-55-57-59-61-63-69(73)70-67(66-77-78(74,75)76-65-64-71(3,4)5)68(72)62-60-58-56-54-52-50-48-46-44-42-40-38-36-33-31-29-27-25-23-21-19-17-15-13-11-9-7-2/h24,26,52,54,60,62,67-68,72H,6-23,25,27-51,53,55-59,61,63-66H2,1-5H3,(H-,70,73,74,75)/b26-24-,54-52+,62-60+. The second kappa shape index (κ2) is 60.3. The van der Waals surface area contributed by atoms with Crippen LogP contribution in [0.25, 0.3) is 0 Å². The maximum absolute atomic E-state index is 13.0. The second-order valence-electron chi connectivity index (χ2n) is 24.9. The van der Waals surface area contributed by atoms with E-state index in [1.165, 1.54) is 289 Å². The molecule has 0 rings (SSSR count). The Bertz CT molecular complexity index is 1360. The number of amides is 1. The lowest BCUT2D eigenvalue weighted by atomic mass is 10.0. The van der Waals surface area contributed by atoms with Gasteiger partial charge in [0.15, 0.2) is 0 Å². The molecule has 0 aliphatic heterocycles. The molecule has 0 aromatic rings. The Morgan fingerprint density at radius 3 is 1.04 bits per heavy atom.